The van der Waals surface area contributed by atoms with Crippen LogP contribution in [0.2, 0.25) is 0 Å². The SMILES string of the molecule is C/C=C(/Nc1ccc(-c2cnco2)c(OC)c1)c1ccccc1. The number of anilines is 1. The van der Waals surface area contributed by atoms with Crippen molar-refractivity contribution in [1.29, 1.82) is 0 Å². The van der Waals surface area contributed by atoms with E-state index in [2.05, 4.69) is 22.4 Å². The van der Waals surface area contributed by atoms with E-state index < -0.39 is 0 Å². The maximum atomic E-state index is 5.48. The maximum absolute atomic E-state index is 5.48. The van der Waals surface area contributed by atoms with E-state index >= 15 is 0 Å². The van der Waals surface area contributed by atoms with Crippen LogP contribution in [0.25, 0.3) is 17.0 Å². The second-order valence-corrected chi connectivity index (χ2v) is 4.97. The van der Waals surface area contributed by atoms with Gasteiger partial charge in [-0.3, -0.25) is 0 Å². The minimum Gasteiger partial charge on any atom is -0.496 e. The predicted octanol–water partition coefficient (Wildman–Crippen LogP) is 4.82. The third kappa shape index (κ3) is 3.26. The van der Waals surface area contributed by atoms with Crippen LogP contribution in [0.15, 0.2) is 71.6 Å². The molecule has 4 nitrogen and oxygen atoms in total. The molecule has 3 rings (SSSR count). The molecule has 0 radical (unpaired) electrons. The Bertz CT molecular complexity index is 794. The van der Waals surface area contributed by atoms with Crippen molar-refractivity contribution in [3.05, 3.63) is 72.8 Å². The molecule has 116 valence electrons. The van der Waals surface area contributed by atoms with Crippen molar-refractivity contribution >= 4 is 11.4 Å². The number of nitrogens with one attached hydrogen (secondary N) is 1. The van der Waals surface area contributed by atoms with Gasteiger partial charge in [-0.15, -0.1) is 0 Å². The van der Waals surface area contributed by atoms with Crippen LogP contribution < -0.4 is 10.1 Å². The number of ether oxygens (including phenoxy) is 1. The van der Waals surface area contributed by atoms with Crippen LogP contribution in [0.3, 0.4) is 0 Å². The summed E-state index contributed by atoms with van der Waals surface area (Å²) in [5, 5.41) is 3.43. The lowest BCUT2D eigenvalue weighted by Gasteiger charge is -2.13. The predicted molar refractivity (Wildman–Crippen MR) is 92.2 cm³/mol. The Morgan fingerprint density at radius 2 is 2.00 bits per heavy atom. The number of aromatic nitrogens is 1. The molecule has 0 atom stereocenters. The monoisotopic (exact) mass is 306 g/mol. The van der Waals surface area contributed by atoms with Crippen LogP contribution in [0.4, 0.5) is 5.69 Å². The number of benzene rings is 2. The van der Waals surface area contributed by atoms with Gasteiger partial charge < -0.3 is 14.5 Å². The molecule has 2 aromatic carbocycles. The molecule has 1 N–H and O–H groups in total. The van der Waals surface area contributed by atoms with Gasteiger partial charge in [0, 0.05) is 17.5 Å². The molecule has 0 bridgehead atoms. The van der Waals surface area contributed by atoms with Crippen molar-refractivity contribution in [2.24, 2.45) is 0 Å². The van der Waals surface area contributed by atoms with E-state index in [-0.39, 0.29) is 0 Å². The van der Waals surface area contributed by atoms with Crippen molar-refractivity contribution in [3.8, 4) is 17.1 Å². The second kappa shape index (κ2) is 6.83. The fourth-order valence-electron chi connectivity index (χ4n) is 2.41. The number of oxazole rings is 1. The summed E-state index contributed by atoms with van der Waals surface area (Å²) in [6.07, 6.45) is 5.13. The van der Waals surface area contributed by atoms with E-state index in [4.69, 9.17) is 9.15 Å². The molecule has 0 fully saturated rings. The molecule has 0 aliphatic rings. The lowest BCUT2D eigenvalue weighted by atomic mass is 10.1. The summed E-state index contributed by atoms with van der Waals surface area (Å²) in [7, 11) is 1.65. The van der Waals surface area contributed by atoms with E-state index in [1.54, 1.807) is 13.3 Å². The summed E-state index contributed by atoms with van der Waals surface area (Å²) < 4.78 is 10.8. The van der Waals surface area contributed by atoms with Crippen molar-refractivity contribution in [2.75, 3.05) is 12.4 Å². The first-order valence-electron chi connectivity index (χ1n) is 7.37. The lowest BCUT2D eigenvalue weighted by molar-refractivity contribution is 0.415. The minimum absolute atomic E-state index is 0.683. The first kappa shape index (κ1) is 14.9. The van der Waals surface area contributed by atoms with Crippen molar-refractivity contribution in [1.82, 2.24) is 4.98 Å². The van der Waals surface area contributed by atoms with Crippen LogP contribution >= 0.6 is 0 Å². The van der Waals surface area contributed by atoms with Crippen LogP contribution in [0, 0.1) is 0 Å². The smallest absolute Gasteiger partial charge is 0.181 e. The summed E-state index contributed by atoms with van der Waals surface area (Å²) in [6.45, 7) is 2.01. The average Bonchev–Trinajstić information content (AvgIpc) is 3.14. The average molecular weight is 306 g/mol. The zero-order chi connectivity index (χ0) is 16.1. The highest BCUT2D eigenvalue weighted by Gasteiger charge is 2.10. The molecule has 1 aromatic heterocycles. The molecule has 0 spiro atoms. The first-order chi connectivity index (χ1) is 11.3. The van der Waals surface area contributed by atoms with Gasteiger partial charge in [-0.05, 0) is 24.6 Å². The molecule has 0 amide bonds. The van der Waals surface area contributed by atoms with Crippen LogP contribution in [0.1, 0.15) is 12.5 Å². The van der Waals surface area contributed by atoms with Crippen molar-refractivity contribution < 1.29 is 9.15 Å². The highest BCUT2D eigenvalue weighted by molar-refractivity contribution is 5.79. The highest BCUT2D eigenvalue weighted by atomic mass is 16.5. The van der Waals surface area contributed by atoms with Gasteiger partial charge in [0.1, 0.15) is 5.75 Å². The Labute approximate surface area is 135 Å². The second-order valence-electron chi connectivity index (χ2n) is 4.97. The topological polar surface area (TPSA) is 47.3 Å². The van der Waals surface area contributed by atoms with Gasteiger partial charge in [-0.1, -0.05) is 36.4 Å². The number of allylic oxidation sites excluding steroid dienone is 1. The largest absolute Gasteiger partial charge is 0.496 e. The summed E-state index contributed by atoms with van der Waals surface area (Å²) >= 11 is 0. The summed E-state index contributed by atoms with van der Waals surface area (Å²) in [5.74, 6) is 1.41. The number of nitrogens with zero attached hydrogens (tertiary/aromatic N) is 1. The van der Waals surface area contributed by atoms with Gasteiger partial charge in [0.05, 0.1) is 18.9 Å². The van der Waals surface area contributed by atoms with E-state index in [9.17, 15) is 0 Å². The number of rotatable bonds is 5. The number of hydrogen-bond donors (Lipinski definition) is 1. The lowest BCUT2D eigenvalue weighted by Crippen LogP contribution is -1.99. The van der Waals surface area contributed by atoms with Crippen LogP contribution in [-0.2, 0) is 0 Å². The maximum Gasteiger partial charge on any atom is 0.181 e. The Balaban J connectivity index is 1.89. The fraction of sp³-hybridized carbons (Fsp3) is 0.105. The molecule has 0 saturated heterocycles. The van der Waals surface area contributed by atoms with Gasteiger partial charge in [0.25, 0.3) is 0 Å². The van der Waals surface area contributed by atoms with Gasteiger partial charge in [-0.25, -0.2) is 4.98 Å². The molecule has 0 aliphatic carbocycles. The molecule has 0 aliphatic heterocycles. The Hall–Kier alpha value is -3.01. The third-order valence-corrected chi connectivity index (χ3v) is 3.55. The summed E-state index contributed by atoms with van der Waals surface area (Å²) in [6, 6.07) is 16.1. The molecule has 3 aromatic rings. The molecule has 1 heterocycles. The highest BCUT2D eigenvalue weighted by Crippen LogP contribution is 2.33. The van der Waals surface area contributed by atoms with Gasteiger partial charge >= 0.3 is 0 Å². The third-order valence-electron chi connectivity index (χ3n) is 3.55. The van der Waals surface area contributed by atoms with E-state index in [0.717, 1.165) is 28.3 Å². The Kier molecular flexibility index (Phi) is 4.43. The summed E-state index contributed by atoms with van der Waals surface area (Å²) in [4.78, 5) is 3.95. The standard InChI is InChI=1S/C19H18N2O2/c1-3-17(14-7-5-4-6-8-14)21-15-9-10-16(18(11-15)22-2)19-12-20-13-23-19/h3-13,21H,1-2H3/b17-3+. The van der Waals surface area contributed by atoms with E-state index in [1.165, 1.54) is 6.39 Å². The van der Waals surface area contributed by atoms with Gasteiger partial charge in [0.2, 0.25) is 0 Å². The molecule has 23 heavy (non-hydrogen) atoms. The van der Waals surface area contributed by atoms with Gasteiger partial charge in [-0.2, -0.15) is 0 Å². The minimum atomic E-state index is 0.683. The van der Waals surface area contributed by atoms with Crippen LogP contribution in [0.5, 0.6) is 5.75 Å². The zero-order valence-corrected chi connectivity index (χ0v) is 13.1. The summed E-state index contributed by atoms with van der Waals surface area (Å²) in [5.41, 5.74) is 3.99. The van der Waals surface area contributed by atoms with Gasteiger partial charge in [0.15, 0.2) is 12.2 Å². The number of hydrogen-bond acceptors (Lipinski definition) is 4. The first-order valence-corrected chi connectivity index (χ1v) is 7.37. The van der Waals surface area contributed by atoms with Crippen LogP contribution in [-0.4, -0.2) is 12.1 Å². The molecule has 0 unspecified atom stereocenters. The van der Waals surface area contributed by atoms with Crippen molar-refractivity contribution in [2.45, 2.75) is 6.92 Å². The molecule has 0 saturated carbocycles. The molecular weight excluding hydrogens is 288 g/mol. The van der Waals surface area contributed by atoms with Crippen molar-refractivity contribution in [3.63, 3.8) is 0 Å². The van der Waals surface area contributed by atoms with E-state index in [1.807, 2.05) is 49.4 Å². The molecular formula is C19H18N2O2. The number of methoxy groups -OCH3 is 1. The normalized spacial score (nSPS) is 11.3. The molecule has 4 heteroatoms. The Morgan fingerprint density at radius 1 is 1.17 bits per heavy atom. The quantitative estimate of drug-likeness (QED) is 0.734. The van der Waals surface area contributed by atoms with E-state index in [0.29, 0.717) is 5.76 Å². The Morgan fingerprint density at radius 3 is 2.65 bits per heavy atom. The fourth-order valence-corrected chi connectivity index (χ4v) is 2.41. The zero-order valence-electron chi connectivity index (χ0n) is 13.1.